The molecule has 7 rings (SSSR count). The first kappa shape index (κ1) is 43.9. The van der Waals surface area contributed by atoms with Crippen LogP contribution in [0.2, 0.25) is 0 Å². The predicted molar refractivity (Wildman–Crippen MR) is 270 cm³/mol. The Hall–Kier alpha value is -8.16. The molecule has 0 saturated heterocycles. The first-order chi connectivity index (χ1) is 30.8. The van der Waals surface area contributed by atoms with E-state index < -0.39 is 5.97 Å². The van der Waals surface area contributed by atoms with Crippen molar-refractivity contribution in [3.05, 3.63) is 193 Å². The van der Waals surface area contributed by atoms with E-state index in [0.29, 0.717) is 5.56 Å². The van der Waals surface area contributed by atoms with Gasteiger partial charge in [0.05, 0.1) is 6.57 Å². The SMILES string of the molecule is [C-]#[N+]/C(=C\c1ccc(N(c2ccc(N(c3ccc(N(C)C)cc3)c3ccc(N(C)C)cc3)cc2)c2ccc(N(c3ccc(N(C)C)cc3)c3ccc(N(C)C)cc3)cc2)cc1)C(=O)O. The Bertz CT molecular complexity index is 2470. The molecule has 7 aromatic rings. The molecule has 64 heavy (non-hydrogen) atoms. The van der Waals surface area contributed by atoms with Crippen molar-refractivity contribution in [1.82, 2.24) is 0 Å². The number of aliphatic carboxylic acids is 1. The lowest BCUT2D eigenvalue weighted by Crippen LogP contribution is -2.14. The number of nitrogens with zero attached hydrogens (tertiary/aromatic N) is 8. The van der Waals surface area contributed by atoms with Gasteiger partial charge in [0.1, 0.15) is 0 Å². The van der Waals surface area contributed by atoms with Crippen molar-refractivity contribution in [2.45, 2.75) is 0 Å². The molecule has 0 spiro atoms. The van der Waals surface area contributed by atoms with Crippen LogP contribution in [0.25, 0.3) is 10.9 Å². The van der Waals surface area contributed by atoms with Crippen molar-refractivity contribution in [2.24, 2.45) is 0 Å². The maximum Gasteiger partial charge on any atom is 0.333 e. The van der Waals surface area contributed by atoms with Crippen LogP contribution >= 0.6 is 0 Å². The Morgan fingerprint density at radius 2 is 0.531 bits per heavy atom. The van der Waals surface area contributed by atoms with E-state index >= 15 is 0 Å². The van der Waals surface area contributed by atoms with Gasteiger partial charge < -0.3 is 39.4 Å². The molecule has 0 aliphatic heterocycles. The number of hydrogen-bond donors (Lipinski definition) is 1. The third kappa shape index (κ3) is 9.80. The first-order valence-electron chi connectivity index (χ1n) is 20.9. The van der Waals surface area contributed by atoms with Crippen molar-refractivity contribution in [3.8, 4) is 0 Å². The second-order valence-corrected chi connectivity index (χ2v) is 16.2. The van der Waals surface area contributed by atoms with Gasteiger partial charge >= 0.3 is 5.97 Å². The highest BCUT2D eigenvalue weighted by Crippen LogP contribution is 2.42. The van der Waals surface area contributed by atoms with Crippen molar-refractivity contribution in [3.63, 3.8) is 0 Å². The monoisotopic (exact) mass is 846 g/mol. The van der Waals surface area contributed by atoms with E-state index in [-0.39, 0.29) is 5.70 Å². The molecule has 0 saturated carbocycles. The third-order valence-corrected chi connectivity index (χ3v) is 11.0. The van der Waals surface area contributed by atoms with Crippen LogP contribution in [0.1, 0.15) is 5.56 Å². The van der Waals surface area contributed by atoms with Crippen LogP contribution in [0, 0.1) is 6.57 Å². The minimum absolute atomic E-state index is 0.342. The smallest absolute Gasteiger partial charge is 0.333 e. The van der Waals surface area contributed by atoms with Crippen molar-refractivity contribution >= 4 is 86.0 Å². The standard InChI is InChI=1S/C54H54N8O2/c1-55-53(54(63)64)38-39-10-12-44(13-11-39)60(49-30-34-51(35-31-49)61(45-22-14-40(15-23-45)56(2)3)46-24-16-41(17-25-46)57(4)5)50-32-36-52(37-33-50)62(47-26-18-42(19-27-47)58(6)7)48-28-20-43(21-29-48)59(8)9/h10-38H,2-9H3,(H,63,64)/b53-38-. The third-order valence-electron chi connectivity index (χ3n) is 11.0. The second-order valence-electron chi connectivity index (χ2n) is 16.2. The van der Waals surface area contributed by atoms with Gasteiger partial charge in [-0.1, -0.05) is 12.1 Å². The number of carboxylic acids is 1. The van der Waals surface area contributed by atoms with E-state index in [9.17, 15) is 9.90 Å². The highest BCUT2D eigenvalue weighted by Gasteiger charge is 2.19. The zero-order valence-electron chi connectivity index (χ0n) is 37.7. The largest absolute Gasteiger partial charge is 0.486 e. The van der Waals surface area contributed by atoms with Gasteiger partial charge in [0.15, 0.2) is 0 Å². The summed E-state index contributed by atoms with van der Waals surface area (Å²) in [5.74, 6) is -1.26. The zero-order chi connectivity index (χ0) is 45.5. The average Bonchev–Trinajstić information content (AvgIpc) is 3.30. The summed E-state index contributed by atoms with van der Waals surface area (Å²) in [6.07, 6.45) is 1.39. The van der Waals surface area contributed by atoms with Crippen molar-refractivity contribution < 1.29 is 9.90 Å². The van der Waals surface area contributed by atoms with Gasteiger partial charge in [-0.3, -0.25) is 4.79 Å². The summed E-state index contributed by atoms with van der Waals surface area (Å²) in [7, 11) is 16.3. The molecule has 0 aliphatic carbocycles. The summed E-state index contributed by atoms with van der Waals surface area (Å²) < 4.78 is 0. The fraction of sp³-hybridized carbons (Fsp3) is 0.148. The van der Waals surface area contributed by atoms with Gasteiger partial charge in [0.2, 0.25) is 0 Å². The van der Waals surface area contributed by atoms with Crippen LogP contribution in [-0.2, 0) is 4.79 Å². The van der Waals surface area contributed by atoms with E-state index in [1.807, 2.05) is 80.6 Å². The van der Waals surface area contributed by atoms with E-state index in [1.54, 1.807) is 0 Å². The topological polar surface area (TPSA) is 64.3 Å². The van der Waals surface area contributed by atoms with E-state index in [1.165, 1.54) is 6.08 Å². The zero-order valence-corrected chi connectivity index (χ0v) is 37.7. The van der Waals surface area contributed by atoms with E-state index in [0.717, 1.165) is 73.9 Å². The molecule has 0 amide bonds. The molecule has 0 heterocycles. The van der Waals surface area contributed by atoms with Crippen LogP contribution in [0.5, 0.6) is 0 Å². The van der Waals surface area contributed by atoms with Gasteiger partial charge in [-0.25, -0.2) is 4.85 Å². The molecule has 0 atom stereocenters. The maximum atomic E-state index is 11.7. The number of carboxylic acid groups (broad SMARTS) is 1. The average molecular weight is 847 g/mol. The van der Waals surface area contributed by atoms with Gasteiger partial charge in [-0.05, 0) is 169 Å². The molecule has 10 heteroatoms. The van der Waals surface area contributed by atoms with Crippen molar-refractivity contribution in [2.75, 3.05) is 90.7 Å². The molecule has 0 radical (unpaired) electrons. The van der Waals surface area contributed by atoms with Gasteiger partial charge in [-0.15, -0.1) is 0 Å². The molecule has 0 bridgehead atoms. The highest BCUT2D eigenvalue weighted by molar-refractivity contribution is 5.94. The molecule has 0 unspecified atom stereocenters. The summed E-state index contributed by atoms with van der Waals surface area (Å²) in [6, 6.07) is 58.8. The summed E-state index contributed by atoms with van der Waals surface area (Å²) in [5, 5.41) is 9.52. The van der Waals surface area contributed by atoms with E-state index in [2.05, 4.69) is 185 Å². The first-order valence-corrected chi connectivity index (χ1v) is 20.9. The molecule has 0 aliphatic rings. The minimum atomic E-state index is -1.26. The van der Waals surface area contributed by atoms with Crippen LogP contribution in [0.4, 0.5) is 73.9 Å². The van der Waals surface area contributed by atoms with Crippen LogP contribution in [0.3, 0.4) is 0 Å². The summed E-state index contributed by atoms with van der Waals surface area (Å²) in [6.45, 7) is 7.35. The molecule has 0 fully saturated rings. The molecule has 322 valence electrons. The Kier molecular flexibility index (Phi) is 13.2. The lowest BCUT2D eigenvalue weighted by atomic mass is 10.1. The molecule has 10 nitrogen and oxygen atoms in total. The molecule has 0 aromatic heterocycles. The summed E-state index contributed by atoms with van der Waals surface area (Å²) in [5.41, 5.74) is 13.6. The quantitative estimate of drug-likeness (QED) is 0.0803. The number of anilines is 13. The Morgan fingerprint density at radius 3 is 0.688 bits per heavy atom. The number of rotatable bonds is 15. The Morgan fingerprint density at radius 1 is 0.359 bits per heavy atom. The Labute approximate surface area is 377 Å². The van der Waals surface area contributed by atoms with Crippen LogP contribution < -0.4 is 34.3 Å². The normalized spacial score (nSPS) is 11.0. The summed E-state index contributed by atoms with van der Waals surface area (Å²) >= 11 is 0. The lowest BCUT2D eigenvalue weighted by Gasteiger charge is -2.30. The molecular formula is C54H54N8O2. The van der Waals surface area contributed by atoms with Crippen LogP contribution in [0.15, 0.2) is 176 Å². The van der Waals surface area contributed by atoms with Gasteiger partial charge in [-0.2, -0.15) is 0 Å². The Balaban J connectivity index is 1.31. The van der Waals surface area contributed by atoms with Crippen molar-refractivity contribution in [1.29, 1.82) is 0 Å². The van der Waals surface area contributed by atoms with Gasteiger partial charge in [0, 0.05) is 130 Å². The predicted octanol–water partition coefficient (Wildman–Crippen LogP) is 12.7. The van der Waals surface area contributed by atoms with Gasteiger partial charge in [0.25, 0.3) is 5.70 Å². The second kappa shape index (κ2) is 19.3. The van der Waals surface area contributed by atoms with E-state index in [4.69, 9.17) is 6.57 Å². The maximum absolute atomic E-state index is 11.7. The number of benzene rings is 7. The summed E-state index contributed by atoms with van der Waals surface area (Å²) in [4.78, 5) is 29.9. The number of carbonyl (C=O) groups is 1. The number of hydrogen-bond acceptors (Lipinski definition) is 8. The fourth-order valence-corrected chi connectivity index (χ4v) is 7.46. The molecular weight excluding hydrogens is 793 g/mol. The highest BCUT2D eigenvalue weighted by atomic mass is 16.4. The minimum Gasteiger partial charge on any atom is -0.486 e. The molecule has 1 N–H and O–H groups in total. The lowest BCUT2D eigenvalue weighted by molar-refractivity contribution is -0.132. The van der Waals surface area contributed by atoms with Crippen LogP contribution in [-0.4, -0.2) is 67.5 Å². The molecule has 7 aromatic carbocycles. The fourth-order valence-electron chi connectivity index (χ4n) is 7.46.